The van der Waals surface area contributed by atoms with Gasteiger partial charge in [0.05, 0.1) is 6.54 Å². The predicted octanol–water partition coefficient (Wildman–Crippen LogP) is 3.34. The second kappa shape index (κ2) is 10.3. The SMILES string of the molecule is CCNC(=NCc1ccc(C)cc1OC(C)(C)C)NCC1(N(C)C)CCOCC1. The summed E-state index contributed by atoms with van der Waals surface area (Å²) in [6, 6.07) is 6.33. The van der Waals surface area contributed by atoms with Gasteiger partial charge in [-0.15, -0.1) is 0 Å². The normalized spacial score (nSPS) is 17.3. The molecule has 1 aliphatic rings. The van der Waals surface area contributed by atoms with Crippen LogP contribution in [0.15, 0.2) is 23.2 Å². The molecule has 1 aliphatic heterocycles. The lowest BCUT2D eigenvalue weighted by Crippen LogP contribution is -2.57. The van der Waals surface area contributed by atoms with Crippen LogP contribution in [0.25, 0.3) is 0 Å². The molecule has 0 unspecified atom stereocenters. The molecule has 1 aromatic carbocycles. The smallest absolute Gasteiger partial charge is 0.191 e. The molecule has 0 aliphatic carbocycles. The van der Waals surface area contributed by atoms with Crippen molar-refractivity contribution in [3.63, 3.8) is 0 Å². The number of aliphatic imine (C=N–C) groups is 1. The van der Waals surface area contributed by atoms with Gasteiger partial charge in [-0.2, -0.15) is 0 Å². The molecule has 2 rings (SSSR count). The quantitative estimate of drug-likeness (QED) is 0.539. The number of aryl methyl sites for hydroxylation is 1. The van der Waals surface area contributed by atoms with Crippen molar-refractivity contribution in [2.24, 2.45) is 4.99 Å². The zero-order valence-corrected chi connectivity index (χ0v) is 19.4. The standard InChI is InChI=1S/C23H40N4O2/c1-8-24-21(26-17-23(27(6)7)11-13-28-14-12-23)25-16-19-10-9-18(2)15-20(19)29-22(3,4)5/h9-10,15H,8,11-14,16-17H2,1-7H3,(H2,24,25,26). The van der Waals surface area contributed by atoms with Crippen LogP contribution in [0.1, 0.15) is 51.7 Å². The molecule has 0 amide bonds. The molecule has 0 atom stereocenters. The summed E-state index contributed by atoms with van der Waals surface area (Å²) in [5, 5.41) is 6.94. The molecule has 0 spiro atoms. The van der Waals surface area contributed by atoms with Gasteiger partial charge in [-0.25, -0.2) is 4.99 Å². The number of rotatable bonds is 7. The highest BCUT2D eigenvalue weighted by Gasteiger charge is 2.34. The summed E-state index contributed by atoms with van der Waals surface area (Å²) in [4.78, 5) is 7.16. The van der Waals surface area contributed by atoms with E-state index >= 15 is 0 Å². The molecular formula is C23H40N4O2. The van der Waals surface area contributed by atoms with Crippen molar-refractivity contribution in [2.75, 3.05) is 40.4 Å². The third-order valence-corrected chi connectivity index (χ3v) is 5.35. The van der Waals surface area contributed by atoms with Crippen molar-refractivity contribution in [1.29, 1.82) is 0 Å². The number of nitrogens with one attached hydrogen (secondary N) is 2. The topological polar surface area (TPSA) is 58.1 Å². The van der Waals surface area contributed by atoms with E-state index < -0.39 is 0 Å². The largest absolute Gasteiger partial charge is 0.488 e. The Hall–Kier alpha value is -1.79. The molecule has 1 aromatic rings. The summed E-state index contributed by atoms with van der Waals surface area (Å²) in [5.74, 6) is 1.74. The summed E-state index contributed by atoms with van der Waals surface area (Å²) in [7, 11) is 4.30. The Morgan fingerprint density at radius 3 is 2.48 bits per heavy atom. The Bertz CT molecular complexity index is 674. The number of guanidine groups is 1. The first-order valence-corrected chi connectivity index (χ1v) is 10.7. The lowest BCUT2D eigenvalue weighted by atomic mass is 9.88. The van der Waals surface area contributed by atoms with Crippen LogP contribution in [0.4, 0.5) is 0 Å². The summed E-state index contributed by atoms with van der Waals surface area (Å²) in [5.41, 5.74) is 2.14. The van der Waals surface area contributed by atoms with E-state index in [-0.39, 0.29) is 11.1 Å². The van der Waals surface area contributed by atoms with Crippen LogP contribution in [0, 0.1) is 6.92 Å². The summed E-state index contributed by atoms with van der Waals surface area (Å²) in [6.45, 7) is 14.2. The molecule has 0 bridgehead atoms. The average molecular weight is 405 g/mol. The minimum atomic E-state index is -0.240. The first-order valence-electron chi connectivity index (χ1n) is 10.7. The molecule has 6 heteroatoms. The molecular weight excluding hydrogens is 364 g/mol. The van der Waals surface area contributed by atoms with Gasteiger partial charge in [0.15, 0.2) is 5.96 Å². The minimum Gasteiger partial charge on any atom is -0.488 e. The zero-order valence-electron chi connectivity index (χ0n) is 19.4. The number of nitrogens with zero attached hydrogens (tertiary/aromatic N) is 2. The molecule has 164 valence electrons. The number of hydrogen-bond donors (Lipinski definition) is 2. The van der Waals surface area contributed by atoms with E-state index in [1.807, 2.05) is 0 Å². The van der Waals surface area contributed by atoms with Crippen LogP contribution in [-0.4, -0.2) is 62.4 Å². The molecule has 0 saturated carbocycles. The lowest BCUT2D eigenvalue weighted by molar-refractivity contribution is -0.00501. The maximum absolute atomic E-state index is 6.18. The van der Waals surface area contributed by atoms with Gasteiger partial charge in [0.2, 0.25) is 0 Å². The van der Waals surface area contributed by atoms with Gasteiger partial charge in [0, 0.05) is 37.4 Å². The van der Waals surface area contributed by atoms with E-state index in [0.29, 0.717) is 6.54 Å². The minimum absolute atomic E-state index is 0.0960. The van der Waals surface area contributed by atoms with Gasteiger partial charge in [-0.1, -0.05) is 12.1 Å². The van der Waals surface area contributed by atoms with Crippen molar-refractivity contribution >= 4 is 5.96 Å². The van der Waals surface area contributed by atoms with Crippen molar-refractivity contribution in [3.8, 4) is 5.75 Å². The maximum Gasteiger partial charge on any atom is 0.191 e. The van der Waals surface area contributed by atoms with E-state index in [1.54, 1.807) is 0 Å². The van der Waals surface area contributed by atoms with Crippen LogP contribution in [-0.2, 0) is 11.3 Å². The highest BCUT2D eigenvalue weighted by atomic mass is 16.5. The van der Waals surface area contributed by atoms with Crippen molar-refractivity contribution in [2.45, 2.75) is 65.1 Å². The third kappa shape index (κ3) is 7.19. The van der Waals surface area contributed by atoms with E-state index in [2.05, 4.69) is 82.4 Å². The molecule has 1 fully saturated rings. The van der Waals surface area contributed by atoms with Gasteiger partial charge < -0.3 is 25.0 Å². The van der Waals surface area contributed by atoms with Crippen LogP contribution in [0.2, 0.25) is 0 Å². The van der Waals surface area contributed by atoms with Crippen LogP contribution >= 0.6 is 0 Å². The van der Waals surface area contributed by atoms with Gasteiger partial charge in [0.25, 0.3) is 0 Å². The van der Waals surface area contributed by atoms with Crippen molar-refractivity contribution < 1.29 is 9.47 Å². The predicted molar refractivity (Wildman–Crippen MR) is 121 cm³/mol. The van der Waals surface area contributed by atoms with Gasteiger partial charge in [0.1, 0.15) is 11.4 Å². The van der Waals surface area contributed by atoms with E-state index in [1.165, 1.54) is 5.56 Å². The summed E-state index contributed by atoms with van der Waals surface area (Å²) < 4.78 is 11.8. The van der Waals surface area contributed by atoms with Crippen molar-refractivity contribution in [3.05, 3.63) is 29.3 Å². The second-order valence-corrected chi connectivity index (χ2v) is 9.11. The van der Waals surface area contributed by atoms with E-state index in [9.17, 15) is 0 Å². The Morgan fingerprint density at radius 1 is 1.21 bits per heavy atom. The first-order chi connectivity index (χ1) is 13.6. The van der Waals surface area contributed by atoms with Gasteiger partial charge in [-0.05, 0) is 73.2 Å². The van der Waals surface area contributed by atoms with Gasteiger partial charge >= 0.3 is 0 Å². The Kier molecular flexibility index (Phi) is 8.34. The highest BCUT2D eigenvalue weighted by molar-refractivity contribution is 5.79. The van der Waals surface area contributed by atoms with Crippen LogP contribution in [0.3, 0.4) is 0 Å². The monoisotopic (exact) mass is 404 g/mol. The van der Waals surface area contributed by atoms with E-state index in [4.69, 9.17) is 14.5 Å². The summed E-state index contributed by atoms with van der Waals surface area (Å²) >= 11 is 0. The maximum atomic E-state index is 6.18. The molecule has 6 nitrogen and oxygen atoms in total. The molecule has 1 heterocycles. The summed E-state index contributed by atoms with van der Waals surface area (Å²) in [6.07, 6.45) is 2.04. The molecule has 0 radical (unpaired) electrons. The number of hydrogen-bond acceptors (Lipinski definition) is 4. The molecule has 2 N–H and O–H groups in total. The number of ether oxygens (including phenoxy) is 2. The fourth-order valence-electron chi connectivity index (χ4n) is 3.50. The average Bonchev–Trinajstić information content (AvgIpc) is 2.64. The Labute approximate surface area is 177 Å². The van der Waals surface area contributed by atoms with Crippen LogP contribution < -0.4 is 15.4 Å². The number of likely N-dealkylation sites (N-methyl/N-ethyl adjacent to an activating group) is 1. The lowest BCUT2D eigenvalue weighted by Gasteiger charge is -2.43. The zero-order chi connectivity index (χ0) is 21.5. The fraction of sp³-hybridized carbons (Fsp3) is 0.696. The third-order valence-electron chi connectivity index (χ3n) is 5.35. The first kappa shape index (κ1) is 23.5. The van der Waals surface area contributed by atoms with Gasteiger partial charge in [-0.3, -0.25) is 0 Å². The number of benzene rings is 1. The highest BCUT2D eigenvalue weighted by Crippen LogP contribution is 2.26. The van der Waals surface area contributed by atoms with E-state index in [0.717, 1.165) is 56.4 Å². The molecule has 1 saturated heterocycles. The van der Waals surface area contributed by atoms with Crippen molar-refractivity contribution in [1.82, 2.24) is 15.5 Å². The Balaban J connectivity index is 2.13. The second-order valence-electron chi connectivity index (χ2n) is 9.11. The fourth-order valence-corrected chi connectivity index (χ4v) is 3.50. The molecule has 29 heavy (non-hydrogen) atoms. The Morgan fingerprint density at radius 2 is 1.90 bits per heavy atom. The van der Waals surface area contributed by atoms with Crippen LogP contribution in [0.5, 0.6) is 5.75 Å². The molecule has 0 aromatic heterocycles.